The molecule has 1 aromatic rings. The SMILES string of the molecule is O=C1CC(CBr)CN1CC(O)c1ccccc1. The summed E-state index contributed by atoms with van der Waals surface area (Å²) in [5, 5.41) is 10.9. The molecule has 1 fully saturated rings. The molecule has 0 bridgehead atoms. The smallest absolute Gasteiger partial charge is 0.223 e. The van der Waals surface area contributed by atoms with E-state index in [4.69, 9.17) is 0 Å². The van der Waals surface area contributed by atoms with Crippen molar-refractivity contribution in [1.29, 1.82) is 0 Å². The molecule has 2 atom stereocenters. The van der Waals surface area contributed by atoms with Gasteiger partial charge in [0.25, 0.3) is 0 Å². The summed E-state index contributed by atoms with van der Waals surface area (Å²) < 4.78 is 0. The van der Waals surface area contributed by atoms with Crippen molar-refractivity contribution in [2.24, 2.45) is 5.92 Å². The van der Waals surface area contributed by atoms with Gasteiger partial charge in [0.05, 0.1) is 12.6 Å². The minimum Gasteiger partial charge on any atom is -0.387 e. The van der Waals surface area contributed by atoms with E-state index >= 15 is 0 Å². The maximum absolute atomic E-state index is 11.7. The number of β-amino-alcohol motifs (C(OH)–C–C–N with tert-alkyl or cyclic N) is 1. The molecule has 2 unspecified atom stereocenters. The minimum absolute atomic E-state index is 0.143. The summed E-state index contributed by atoms with van der Waals surface area (Å²) in [4.78, 5) is 13.5. The predicted octanol–water partition coefficient (Wildman–Crippen LogP) is 1.96. The molecule has 0 saturated carbocycles. The van der Waals surface area contributed by atoms with Crippen LogP contribution in [0.2, 0.25) is 0 Å². The third-order valence-corrected chi connectivity index (χ3v) is 4.01. The summed E-state index contributed by atoms with van der Waals surface area (Å²) in [5.74, 6) is 0.523. The summed E-state index contributed by atoms with van der Waals surface area (Å²) >= 11 is 3.40. The summed E-state index contributed by atoms with van der Waals surface area (Å²) in [6.45, 7) is 1.14. The van der Waals surface area contributed by atoms with Crippen molar-refractivity contribution in [3.63, 3.8) is 0 Å². The third-order valence-electron chi connectivity index (χ3n) is 3.09. The van der Waals surface area contributed by atoms with Crippen molar-refractivity contribution in [2.75, 3.05) is 18.4 Å². The van der Waals surface area contributed by atoms with Crippen LogP contribution in [0.25, 0.3) is 0 Å². The standard InChI is InChI=1S/C13H16BrNO2/c14-7-10-6-13(17)15(8-10)9-12(16)11-4-2-1-3-5-11/h1-5,10,12,16H,6-9H2. The number of aliphatic hydroxyl groups excluding tert-OH is 1. The summed E-state index contributed by atoms with van der Waals surface area (Å²) in [7, 11) is 0. The molecule has 1 amide bonds. The van der Waals surface area contributed by atoms with Crippen LogP contribution in [-0.4, -0.2) is 34.3 Å². The van der Waals surface area contributed by atoms with E-state index in [-0.39, 0.29) is 5.91 Å². The Morgan fingerprint density at radius 1 is 1.41 bits per heavy atom. The molecule has 3 nitrogen and oxygen atoms in total. The number of halogens is 1. The highest BCUT2D eigenvalue weighted by molar-refractivity contribution is 9.09. The first-order valence-electron chi connectivity index (χ1n) is 5.77. The second kappa shape index (κ2) is 5.65. The van der Waals surface area contributed by atoms with Crippen LogP contribution in [0.4, 0.5) is 0 Å². The molecule has 17 heavy (non-hydrogen) atoms. The van der Waals surface area contributed by atoms with Gasteiger partial charge < -0.3 is 10.0 Å². The molecule has 0 aromatic heterocycles. The van der Waals surface area contributed by atoms with Gasteiger partial charge in [-0.3, -0.25) is 4.79 Å². The molecule has 1 saturated heterocycles. The first-order chi connectivity index (χ1) is 8.20. The maximum Gasteiger partial charge on any atom is 0.223 e. The van der Waals surface area contributed by atoms with Crippen molar-refractivity contribution in [3.05, 3.63) is 35.9 Å². The number of nitrogens with zero attached hydrogens (tertiary/aromatic N) is 1. The Hall–Kier alpha value is -0.870. The van der Waals surface area contributed by atoms with Gasteiger partial charge in [-0.2, -0.15) is 0 Å². The van der Waals surface area contributed by atoms with Crippen LogP contribution in [0.3, 0.4) is 0 Å². The summed E-state index contributed by atoms with van der Waals surface area (Å²) in [6.07, 6.45) is 0.00136. The van der Waals surface area contributed by atoms with Crippen LogP contribution in [0.5, 0.6) is 0 Å². The lowest BCUT2D eigenvalue weighted by Crippen LogP contribution is -2.30. The van der Waals surface area contributed by atoms with E-state index in [1.165, 1.54) is 0 Å². The zero-order chi connectivity index (χ0) is 12.3. The molecule has 92 valence electrons. The van der Waals surface area contributed by atoms with Crippen molar-refractivity contribution in [1.82, 2.24) is 4.90 Å². The van der Waals surface area contributed by atoms with Gasteiger partial charge in [0.2, 0.25) is 5.91 Å². The van der Waals surface area contributed by atoms with E-state index in [1.807, 2.05) is 30.3 Å². The lowest BCUT2D eigenvalue weighted by Gasteiger charge is -2.20. The summed E-state index contributed by atoms with van der Waals surface area (Å²) in [5.41, 5.74) is 0.864. The fraction of sp³-hybridized carbons (Fsp3) is 0.462. The van der Waals surface area contributed by atoms with E-state index in [2.05, 4.69) is 15.9 Å². The molecule has 0 spiro atoms. The second-order valence-corrected chi connectivity index (χ2v) is 5.10. The number of likely N-dealkylation sites (tertiary alicyclic amines) is 1. The number of benzene rings is 1. The van der Waals surface area contributed by atoms with Gasteiger partial charge in [-0.1, -0.05) is 46.3 Å². The largest absolute Gasteiger partial charge is 0.387 e. The number of carbonyl (C=O) groups is 1. The van der Waals surface area contributed by atoms with Gasteiger partial charge in [0.1, 0.15) is 0 Å². The van der Waals surface area contributed by atoms with Gasteiger partial charge in [-0.15, -0.1) is 0 Å². The Balaban J connectivity index is 1.95. The quantitative estimate of drug-likeness (QED) is 0.863. The van der Waals surface area contributed by atoms with Crippen molar-refractivity contribution < 1.29 is 9.90 Å². The monoisotopic (exact) mass is 297 g/mol. The van der Waals surface area contributed by atoms with Gasteiger partial charge in [0.15, 0.2) is 0 Å². The van der Waals surface area contributed by atoms with Gasteiger partial charge in [-0.05, 0) is 11.5 Å². The topological polar surface area (TPSA) is 40.5 Å². The average Bonchev–Trinajstić information content (AvgIpc) is 2.71. The van der Waals surface area contributed by atoms with Crippen LogP contribution in [-0.2, 0) is 4.79 Å². The molecular weight excluding hydrogens is 282 g/mol. The molecule has 0 aliphatic carbocycles. The normalized spacial score (nSPS) is 21.9. The Kier molecular flexibility index (Phi) is 4.18. The molecule has 1 heterocycles. The van der Waals surface area contributed by atoms with Crippen LogP contribution in [0.1, 0.15) is 18.1 Å². The number of carbonyl (C=O) groups excluding carboxylic acids is 1. The molecule has 0 radical (unpaired) electrons. The first kappa shape index (κ1) is 12.6. The fourth-order valence-electron chi connectivity index (χ4n) is 2.12. The van der Waals surface area contributed by atoms with Gasteiger partial charge in [-0.25, -0.2) is 0 Å². The Morgan fingerprint density at radius 2 is 2.12 bits per heavy atom. The lowest BCUT2D eigenvalue weighted by molar-refractivity contribution is -0.128. The molecule has 1 aliphatic rings. The number of rotatable bonds is 4. The molecule has 1 N–H and O–H groups in total. The molecule has 4 heteroatoms. The van der Waals surface area contributed by atoms with E-state index in [9.17, 15) is 9.90 Å². The molecule has 2 rings (SSSR count). The Labute approximate surface area is 110 Å². The highest BCUT2D eigenvalue weighted by Gasteiger charge is 2.30. The second-order valence-electron chi connectivity index (χ2n) is 4.45. The van der Waals surface area contributed by atoms with E-state index in [0.29, 0.717) is 18.9 Å². The number of hydrogen-bond acceptors (Lipinski definition) is 2. The first-order valence-corrected chi connectivity index (χ1v) is 6.89. The Bertz CT molecular complexity index is 382. The Morgan fingerprint density at radius 3 is 2.71 bits per heavy atom. The number of hydrogen-bond donors (Lipinski definition) is 1. The van der Waals surface area contributed by atoms with Crippen LogP contribution < -0.4 is 0 Å². The van der Waals surface area contributed by atoms with E-state index < -0.39 is 6.10 Å². The highest BCUT2D eigenvalue weighted by atomic mass is 79.9. The van der Waals surface area contributed by atoms with Crippen molar-refractivity contribution >= 4 is 21.8 Å². The van der Waals surface area contributed by atoms with Crippen LogP contribution in [0.15, 0.2) is 30.3 Å². The van der Waals surface area contributed by atoms with Crippen LogP contribution >= 0.6 is 15.9 Å². The number of amides is 1. The zero-order valence-corrected chi connectivity index (χ0v) is 11.1. The molecule has 1 aromatic carbocycles. The summed E-state index contributed by atoms with van der Waals surface area (Å²) in [6, 6.07) is 9.47. The van der Waals surface area contributed by atoms with Gasteiger partial charge in [0, 0.05) is 18.3 Å². The number of aliphatic hydroxyl groups is 1. The number of alkyl halides is 1. The van der Waals surface area contributed by atoms with E-state index in [0.717, 1.165) is 17.4 Å². The maximum atomic E-state index is 11.7. The fourth-order valence-corrected chi connectivity index (χ4v) is 2.56. The molecule has 1 aliphatic heterocycles. The molecular formula is C13H16BrNO2. The minimum atomic E-state index is -0.589. The van der Waals surface area contributed by atoms with Gasteiger partial charge >= 0.3 is 0 Å². The van der Waals surface area contributed by atoms with Crippen molar-refractivity contribution in [2.45, 2.75) is 12.5 Å². The van der Waals surface area contributed by atoms with Crippen LogP contribution in [0, 0.1) is 5.92 Å². The predicted molar refractivity (Wildman–Crippen MR) is 69.9 cm³/mol. The van der Waals surface area contributed by atoms with E-state index in [1.54, 1.807) is 4.90 Å². The average molecular weight is 298 g/mol. The zero-order valence-electron chi connectivity index (χ0n) is 9.55. The highest BCUT2D eigenvalue weighted by Crippen LogP contribution is 2.22. The lowest BCUT2D eigenvalue weighted by atomic mass is 10.1. The van der Waals surface area contributed by atoms with Crippen molar-refractivity contribution in [3.8, 4) is 0 Å². The third kappa shape index (κ3) is 3.07.